The molecule has 1 atom stereocenters. The molecule has 4 rings (SSSR count). The van der Waals surface area contributed by atoms with Gasteiger partial charge in [-0.15, -0.1) is 0 Å². The molecule has 0 aromatic heterocycles. The fraction of sp³-hybridized carbons (Fsp3) is 0.348. The molecular formula is C23H25NO2. The quantitative estimate of drug-likeness (QED) is 0.766. The first-order valence-electron chi connectivity index (χ1n) is 9.43. The van der Waals surface area contributed by atoms with Gasteiger partial charge in [0.1, 0.15) is 5.75 Å². The van der Waals surface area contributed by atoms with Crippen molar-refractivity contribution in [1.29, 1.82) is 0 Å². The summed E-state index contributed by atoms with van der Waals surface area (Å²) in [6.45, 7) is 5.20. The minimum absolute atomic E-state index is 0.0401. The van der Waals surface area contributed by atoms with Crippen LogP contribution in [-0.2, 0) is 4.79 Å². The molecule has 1 aliphatic heterocycles. The molecule has 1 aliphatic carbocycles. The first-order valence-corrected chi connectivity index (χ1v) is 9.43. The molecule has 3 heteroatoms. The van der Waals surface area contributed by atoms with Gasteiger partial charge in [-0.1, -0.05) is 36.4 Å². The third kappa shape index (κ3) is 2.54. The summed E-state index contributed by atoms with van der Waals surface area (Å²) < 4.78 is 5.73. The van der Waals surface area contributed by atoms with E-state index in [9.17, 15) is 4.79 Å². The molecule has 0 fully saturated rings. The smallest absolute Gasteiger partial charge is 0.161 e. The Bertz CT molecular complexity index is 938. The van der Waals surface area contributed by atoms with Crippen LogP contribution in [0.15, 0.2) is 59.4 Å². The molecule has 3 nitrogen and oxygen atoms in total. The van der Waals surface area contributed by atoms with Gasteiger partial charge in [-0.3, -0.25) is 4.79 Å². The highest BCUT2D eigenvalue weighted by atomic mass is 16.5. The fourth-order valence-corrected chi connectivity index (χ4v) is 4.55. The van der Waals surface area contributed by atoms with Crippen LogP contribution in [0.1, 0.15) is 44.6 Å². The van der Waals surface area contributed by atoms with Crippen molar-refractivity contribution >= 4 is 16.6 Å². The van der Waals surface area contributed by atoms with E-state index in [-0.39, 0.29) is 11.7 Å². The second kappa shape index (κ2) is 6.64. The maximum absolute atomic E-state index is 13.0. The van der Waals surface area contributed by atoms with Gasteiger partial charge in [0.2, 0.25) is 0 Å². The van der Waals surface area contributed by atoms with Crippen LogP contribution in [0.5, 0.6) is 5.75 Å². The van der Waals surface area contributed by atoms with Crippen LogP contribution in [0, 0.1) is 0 Å². The van der Waals surface area contributed by atoms with Crippen molar-refractivity contribution in [1.82, 2.24) is 4.90 Å². The molecule has 0 amide bonds. The number of allylic oxidation sites excluding steroid dienone is 4. The lowest BCUT2D eigenvalue weighted by atomic mass is 9.77. The molecule has 0 bridgehead atoms. The Balaban J connectivity index is 2.00. The van der Waals surface area contributed by atoms with Gasteiger partial charge in [0, 0.05) is 41.4 Å². The average molecular weight is 347 g/mol. The minimum atomic E-state index is -0.0401. The Morgan fingerprint density at radius 1 is 1.15 bits per heavy atom. The lowest BCUT2D eigenvalue weighted by molar-refractivity contribution is -0.116. The molecular weight excluding hydrogens is 322 g/mol. The number of nitrogens with zero attached hydrogens (tertiary/aromatic N) is 1. The van der Waals surface area contributed by atoms with Gasteiger partial charge in [-0.25, -0.2) is 0 Å². The van der Waals surface area contributed by atoms with E-state index in [2.05, 4.69) is 55.2 Å². The Morgan fingerprint density at radius 3 is 2.73 bits per heavy atom. The number of ketones is 1. The summed E-state index contributed by atoms with van der Waals surface area (Å²) in [4.78, 5) is 15.3. The monoisotopic (exact) mass is 347 g/mol. The van der Waals surface area contributed by atoms with Crippen molar-refractivity contribution in [2.24, 2.45) is 0 Å². The second-order valence-corrected chi connectivity index (χ2v) is 7.07. The van der Waals surface area contributed by atoms with Crippen LogP contribution in [-0.4, -0.2) is 24.3 Å². The summed E-state index contributed by atoms with van der Waals surface area (Å²) in [5.41, 5.74) is 4.52. The molecule has 26 heavy (non-hydrogen) atoms. The van der Waals surface area contributed by atoms with E-state index < -0.39 is 0 Å². The first kappa shape index (κ1) is 16.9. The van der Waals surface area contributed by atoms with E-state index in [1.807, 2.05) is 6.07 Å². The lowest BCUT2D eigenvalue weighted by Crippen LogP contribution is -2.32. The topological polar surface area (TPSA) is 29.5 Å². The zero-order valence-corrected chi connectivity index (χ0v) is 15.7. The van der Waals surface area contributed by atoms with Crippen LogP contribution in [0.3, 0.4) is 0 Å². The van der Waals surface area contributed by atoms with E-state index in [4.69, 9.17) is 4.74 Å². The van der Waals surface area contributed by atoms with Crippen molar-refractivity contribution in [3.8, 4) is 5.75 Å². The number of methoxy groups -OCH3 is 1. The number of carbonyl (C=O) groups is 1. The summed E-state index contributed by atoms with van der Waals surface area (Å²) in [5, 5.41) is 2.34. The Labute approximate surface area is 155 Å². The molecule has 0 saturated carbocycles. The normalized spacial score (nSPS) is 20.3. The van der Waals surface area contributed by atoms with Gasteiger partial charge >= 0.3 is 0 Å². The fourth-order valence-electron chi connectivity index (χ4n) is 4.55. The molecule has 134 valence electrons. The van der Waals surface area contributed by atoms with E-state index in [0.29, 0.717) is 6.42 Å². The zero-order valence-electron chi connectivity index (χ0n) is 15.7. The van der Waals surface area contributed by atoms with E-state index in [0.717, 1.165) is 41.7 Å². The van der Waals surface area contributed by atoms with Crippen molar-refractivity contribution in [3.63, 3.8) is 0 Å². The zero-order chi connectivity index (χ0) is 18.3. The molecule has 0 N–H and O–H groups in total. The van der Waals surface area contributed by atoms with E-state index in [1.165, 1.54) is 16.8 Å². The molecule has 1 heterocycles. The molecule has 2 aromatic rings. The van der Waals surface area contributed by atoms with Gasteiger partial charge in [0.25, 0.3) is 0 Å². The van der Waals surface area contributed by atoms with Crippen LogP contribution in [0.2, 0.25) is 0 Å². The van der Waals surface area contributed by atoms with Crippen molar-refractivity contribution in [3.05, 3.63) is 65.0 Å². The predicted octanol–water partition coefficient (Wildman–Crippen LogP) is 5.18. The number of carbonyl (C=O) groups excluding carboxylic acids is 1. The molecule has 2 aliphatic rings. The SMILES string of the molecule is CCN1C(C)=CC(c2c(OC)ccc3ccccc23)C2=C1CCCC2=O. The Morgan fingerprint density at radius 2 is 1.96 bits per heavy atom. The highest BCUT2D eigenvalue weighted by Crippen LogP contribution is 2.46. The number of ether oxygens (including phenoxy) is 1. The maximum Gasteiger partial charge on any atom is 0.161 e. The summed E-state index contributed by atoms with van der Waals surface area (Å²) in [6.07, 6.45) is 4.81. The number of benzene rings is 2. The highest BCUT2D eigenvalue weighted by molar-refractivity contribution is 6.01. The third-order valence-corrected chi connectivity index (χ3v) is 5.68. The van der Waals surface area contributed by atoms with Gasteiger partial charge in [0.05, 0.1) is 7.11 Å². The number of fused-ring (bicyclic) bond motifs is 1. The third-order valence-electron chi connectivity index (χ3n) is 5.68. The molecule has 2 aromatic carbocycles. The lowest BCUT2D eigenvalue weighted by Gasteiger charge is -2.38. The largest absolute Gasteiger partial charge is 0.496 e. The Kier molecular flexibility index (Phi) is 4.31. The second-order valence-electron chi connectivity index (χ2n) is 7.07. The number of rotatable bonds is 3. The van der Waals surface area contributed by atoms with Crippen molar-refractivity contribution < 1.29 is 9.53 Å². The average Bonchev–Trinajstić information content (AvgIpc) is 2.66. The number of hydrogen-bond donors (Lipinski definition) is 0. The van der Waals surface area contributed by atoms with Crippen molar-refractivity contribution in [2.75, 3.05) is 13.7 Å². The van der Waals surface area contributed by atoms with Crippen LogP contribution in [0.4, 0.5) is 0 Å². The van der Waals surface area contributed by atoms with E-state index >= 15 is 0 Å². The van der Waals surface area contributed by atoms with Crippen LogP contribution >= 0.6 is 0 Å². The van der Waals surface area contributed by atoms with Gasteiger partial charge in [0.15, 0.2) is 5.78 Å². The first-order chi connectivity index (χ1) is 12.7. The van der Waals surface area contributed by atoms with Gasteiger partial charge in [-0.05, 0) is 43.5 Å². The van der Waals surface area contributed by atoms with Crippen molar-refractivity contribution in [2.45, 2.75) is 39.0 Å². The van der Waals surface area contributed by atoms with Gasteiger partial charge < -0.3 is 9.64 Å². The summed E-state index contributed by atoms with van der Waals surface area (Å²) in [7, 11) is 1.71. The molecule has 0 radical (unpaired) electrons. The summed E-state index contributed by atoms with van der Waals surface area (Å²) in [6, 6.07) is 12.5. The minimum Gasteiger partial charge on any atom is -0.496 e. The van der Waals surface area contributed by atoms with Crippen LogP contribution in [0.25, 0.3) is 10.8 Å². The number of Topliss-reactive ketones (excluding diaryl/α,β-unsaturated/α-hetero) is 1. The summed E-state index contributed by atoms with van der Waals surface area (Å²) in [5.74, 6) is 1.10. The maximum atomic E-state index is 13.0. The predicted molar refractivity (Wildman–Crippen MR) is 105 cm³/mol. The van der Waals surface area contributed by atoms with Gasteiger partial charge in [-0.2, -0.15) is 0 Å². The standard InChI is InChI=1S/C23H25NO2/c1-4-24-15(2)14-18(23-19(24)10-7-11-20(23)25)22-17-9-6-5-8-16(17)12-13-21(22)26-3/h5-6,8-9,12-14,18H,4,7,10-11H2,1-3H3. The van der Waals surface area contributed by atoms with Crippen LogP contribution < -0.4 is 4.74 Å². The highest BCUT2D eigenvalue weighted by Gasteiger charge is 2.35. The number of hydrogen-bond acceptors (Lipinski definition) is 3. The Hall–Kier alpha value is -2.55. The summed E-state index contributed by atoms with van der Waals surface area (Å²) >= 11 is 0. The molecule has 1 unspecified atom stereocenters. The van der Waals surface area contributed by atoms with E-state index in [1.54, 1.807) is 7.11 Å². The molecule has 0 spiro atoms. The molecule has 0 saturated heterocycles.